The van der Waals surface area contributed by atoms with Crippen LogP contribution in [0.2, 0.25) is 0 Å². The summed E-state index contributed by atoms with van der Waals surface area (Å²) in [5.41, 5.74) is 1.91. The van der Waals surface area contributed by atoms with Crippen molar-refractivity contribution >= 4 is 11.6 Å². The quantitative estimate of drug-likeness (QED) is 0.630. The largest absolute Gasteiger partial charge is 0.290 e. The second kappa shape index (κ2) is 4.18. The molecule has 0 heterocycles. The summed E-state index contributed by atoms with van der Waals surface area (Å²) in [6, 6.07) is 0. The molecule has 0 aromatic heterocycles. The van der Waals surface area contributed by atoms with Crippen LogP contribution in [0.15, 0.2) is 23.3 Å². The Bertz CT molecular complexity index is 597. The molecule has 2 heteroatoms. The van der Waals surface area contributed by atoms with Gasteiger partial charge in [0.2, 0.25) is 0 Å². The van der Waals surface area contributed by atoms with Crippen molar-refractivity contribution < 1.29 is 9.59 Å². The van der Waals surface area contributed by atoms with Gasteiger partial charge in [0.1, 0.15) is 0 Å². The molecule has 4 aliphatic rings. The zero-order valence-corrected chi connectivity index (χ0v) is 13.1. The van der Waals surface area contributed by atoms with Gasteiger partial charge < -0.3 is 0 Å². The normalized spacial score (nSPS) is 45.4. The second-order valence-corrected chi connectivity index (χ2v) is 7.90. The molecule has 4 rings (SSSR count). The highest BCUT2D eigenvalue weighted by atomic mass is 16.1. The maximum absolute atomic E-state index is 12.7. The SMILES string of the molecule is C[C@H]1CC[C@H]2CCCC[C@]23C2=C(C[C@]13C)C(=O)C=CC2=O. The molecule has 2 nitrogen and oxygen atoms in total. The molecular formula is C19H24O2. The molecule has 4 aliphatic carbocycles. The number of carbonyl (C=O) groups is 2. The van der Waals surface area contributed by atoms with Crippen molar-refractivity contribution in [1.82, 2.24) is 0 Å². The molecule has 0 saturated heterocycles. The van der Waals surface area contributed by atoms with Crippen molar-refractivity contribution in [3.8, 4) is 0 Å². The topological polar surface area (TPSA) is 34.1 Å². The fraction of sp³-hybridized carbons (Fsp3) is 0.684. The Morgan fingerprint density at radius 2 is 1.81 bits per heavy atom. The van der Waals surface area contributed by atoms with E-state index in [-0.39, 0.29) is 22.4 Å². The first kappa shape index (κ1) is 13.5. The van der Waals surface area contributed by atoms with E-state index in [1.165, 1.54) is 44.3 Å². The first-order valence-electron chi connectivity index (χ1n) is 8.51. The number of carbonyl (C=O) groups excluding carboxylic acids is 2. The van der Waals surface area contributed by atoms with Gasteiger partial charge in [0.25, 0.3) is 0 Å². The van der Waals surface area contributed by atoms with Crippen LogP contribution < -0.4 is 0 Å². The van der Waals surface area contributed by atoms with Crippen LogP contribution in [0, 0.1) is 22.7 Å². The molecule has 2 saturated carbocycles. The van der Waals surface area contributed by atoms with Gasteiger partial charge in [-0.3, -0.25) is 9.59 Å². The first-order chi connectivity index (χ1) is 10.0. The Morgan fingerprint density at radius 3 is 2.62 bits per heavy atom. The number of allylic oxidation sites excluding steroid dienone is 4. The number of rotatable bonds is 0. The lowest BCUT2D eigenvalue weighted by Crippen LogP contribution is -2.53. The first-order valence-corrected chi connectivity index (χ1v) is 8.51. The number of ketones is 2. The Kier molecular flexibility index (Phi) is 2.68. The number of hydrogen-bond donors (Lipinski definition) is 0. The van der Waals surface area contributed by atoms with E-state index < -0.39 is 0 Å². The molecule has 0 amide bonds. The minimum absolute atomic E-state index is 0.00421. The van der Waals surface area contributed by atoms with Crippen LogP contribution in [0.25, 0.3) is 0 Å². The monoisotopic (exact) mass is 284 g/mol. The van der Waals surface area contributed by atoms with Crippen molar-refractivity contribution in [2.75, 3.05) is 0 Å². The van der Waals surface area contributed by atoms with Crippen LogP contribution in [0.3, 0.4) is 0 Å². The minimum Gasteiger partial charge on any atom is -0.290 e. The van der Waals surface area contributed by atoms with Gasteiger partial charge in [-0.1, -0.05) is 26.7 Å². The van der Waals surface area contributed by atoms with Gasteiger partial charge in [0.05, 0.1) is 0 Å². The van der Waals surface area contributed by atoms with Crippen LogP contribution >= 0.6 is 0 Å². The molecule has 21 heavy (non-hydrogen) atoms. The van der Waals surface area contributed by atoms with Crippen LogP contribution in [0.1, 0.15) is 58.8 Å². The predicted molar refractivity (Wildman–Crippen MR) is 81.7 cm³/mol. The minimum atomic E-state index is -0.00421. The Morgan fingerprint density at radius 1 is 1.05 bits per heavy atom. The van der Waals surface area contributed by atoms with E-state index >= 15 is 0 Å². The molecule has 0 aromatic carbocycles. The summed E-state index contributed by atoms with van der Waals surface area (Å²) in [4.78, 5) is 25.1. The fourth-order valence-corrected chi connectivity index (χ4v) is 6.18. The third-order valence-corrected chi connectivity index (χ3v) is 7.35. The second-order valence-electron chi connectivity index (χ2n) is 7.90. The van der Waals surface area contributed by atoms with Gasteiger partial charge in [0, 0.05) is 16.6 Å². The van der Waals surface area contributed by atoms with Gasteiger partial charge in [0.15, 0.2) is 11.6 Å². The molecule has 0 unspecified atom stereocenters. The van der Waals surface area contributed by atoms with E-state index in [4.69, 9.17) is 0 Å². The molecule has 2 fully saturated rings. The molecule has 1 spiro atoms. The summed E-state index contributed by atoms with van der Waals surface area (Å²) >= 11 is 0. The summed E-state index contributed by atoms with van der Waals surface area (Å²) in [5.74, 6) is 1.45. The zero-order valence-electron chi connectivity index (χ0n) is 13.1. The predicted octanol–water partition coefficient (Wildman–Crippen LogP) is 4.01. The van der Waals surface area contributed by atoms with E-state index in [1.54, 1.807) is 0 Å². The average molecular weight is 284 g/mol. The van der Waals surface area contributed by atoms with Crippen molar-refractivity contribution in [1.29, 1.82) is 0 Å². The van der Waals surface area contributed by atoms with Crippen molar-refractivity contribution in [2.45, 2.75) is 58.8 Å². The van der Waals surface area contributed by atoms with E-state index in [1.807, 2.05) is 0 Å². The lowest BCUT2D eigenvalue weighted by molar-refractivity contribution is -0.119. The average Bonchev–Trinajstić information content (AvgIpc) is 2.75. The molecule has 4 atom stereocenters. The van der Waals surface area contributed by atoms with E-state index in [0.717, 1.165) is 24.0 Å². The molecule has 112 valence electrons. The maximum atomic E-state index is 12.7. The number of hydrogen-bond acceptors (Lipinski definition) is 2. The van der Waals surface area contributed by atoms with Gasteiger partial charge in [-0.05, 0) is 61.5 Å². The summed E-state index contributed by atoms with van der Waals surface area (Å²) in [5, 5.41) is 0. The Balaban J connectivity index is 1.95. The third-order valence-electron chi connectivity index (χ3n) is 7.35. The van der Waals surface area contributed by atoms with Crippen LogP contribution in [-0.4, -0.2) is 11.6 Å². The fourth-order valence-electron chi connectivity index (χ4n) is 6.18. The standard InChI is InChI=1S/C19H24O2/c1-12-6-7-13-5-3-4-10-19(13)17-14(11-18(12,19)2)15(20)8-9-16(17)21/h8-9,12-13H,3-7,10-11H2,1-2H3/t12-,13+,18+,19+/m0/s1. The zero-order chi connectivity index (χ0) is 14.8. The van der Waals surface area contributed by atoms with Crippen LogP contribution in [-0.2, 0) is 9.59 Å². The van der Waals surface area contributed by atoms with Gasteiger partial charge in [-0.15, -0.1) is 0 Å². The highest BCUT2D eigenvalue weighted by Crippen LogP contribution is 2.71. The summed E-state index contributed by atoms with van der Waals surface area (Å²) in [6.07, 6.45) is 11.2. The Labute approximate surface area is 126 Å². The molecule has 0 bridgehead atoms. The lowest BCUT2D eigenvalue weighted by atomic mass is 9.44. The van der Waals surface area contributed by atoms with Crippen molar-refractivity contribution in [2.24, 2.45) is 22.7 Å². The maximum Gasteiger partial charge on any atom is 0.182 e. The lowest BCUT2D eigenvalue weighted by Gasteiger charge is -2.59. The summed E-state index contributed by atoms with van der Waals surface area (Å²) in [6.45, 7) is 4.71. The van der Waals surface area contributed by atoms with Gasteiger partial charge >= 0.3 is 0 Å². The molecule has 0 aliphatic heterocycles. The van der Waals surface area contributed by atoms with E-state index in [2.05, 4.69) is 13.8 Å². The van der Waals surface area contributed by atoms with Gasteiger partial charge in [-0.2, -0.15) is 0 Å². The smallest absolute Gasteiger partial charge is 0.182 e. The van der Waals surface area contributed by atoms with Crippen molar-refractivity contribution in [3.05, 3.63) is 23.3 Å². The van der Waals surface area contributed by atoms with Gasteiger partial charge in [-0.25, -0.2) is 0 Å². The summed E-state index contributed by atoms with van der Waals surface area (Å²) in [7, 11) is 0. The molecular weight excluding hydrogens is 260 g/mol. The highest BCUT2D eigenvalue weighted by molar-refractivity contribution is 6.21. The van der Waals surface area contributed by atoms with E-state index in [9.17, 15) is 9.59 Å². The molecule has 0 aromatic rings. The molecule has 0 radical (unpaired) electrons. The molecule has 0 N–H and O–H groups in total. The highest BCUT2D eigenvalue weighted by Gasteiger charge is 2.65. The van der Waals surface area contributed by atoms with Crippen molar-refractivity contribution in [3.63, 3.8) is 0 Å². The third kappa shape index (κ3) is 1.44. The van der Waals surface area contributed by atoms with Crippen LogP contribution in [0.5, 0.6) is 0 Å². The van der Waals surface area contributed by atoms with Crippen LogP contribution in [0.4, 0.5) is 0 Å². The van der Waals surface area contributed by atoms with E-state index in [0.29, 0.717) is 11.8 Å². The Hall–Kier alpha value is -1.18. The summed E-state index contributed by atoms with van der Waals surface area (Å²) < 4.78 is 0.